The van der Waals surface area contributed by atoms with Crippen molar-refractivity contribution in [3.8, 4) is 5.75 Å². The van der Waals surface area contributed by atoms with Crippen LogP contribution in [0.1, 0.15) is 25.8 Å². The Morgan fingerprint density at radius 1 is 1.38 bits per heavy atom. The van der Waals surface area contributed by atoms with Crippen LogP contribution in [0.25, 0.3) is 0 Å². The molecule has 2 amide bonds. The van der Waals surface area contributed by atoms with E-state index < -0.39 is 0 Å². The van der Waals surface area contributed by atoms with Gasteiger partial charge < -0.3 is 14.5 Å². The Kier molecular flexibility index (Phi) is 4.50. The van der Waals surface area contributed by atoms with Crippen LogP contribution in [-0.2, 0) is 16.0 Å². The minimum absolute atomic E-state index is 0.0130. The maximum absolute atomic E-state index is 11.9. The van der Waals surface area contributed by atoms with Gasteiger partial charge in [0.1, 0.15) is 5.75 Å². The third-order valence-corrected chi connectivity index (χ3v) is 3.81. The summed E-state index contributed by atoms with van der Waals surface area (Å²) in [4.78, 5) is 26.8. The van der Waals surface area contributed by atoms with E-state index in [9.17, 15) is 9.59 Å². The molecule has 114 valence electrons. The summed E-state index contributed by atoms with van der Waals surface area (Å²) < 4.78 is 5.66. The first-order valence-corrected chi connectivity index (χ1v) is 7.16. The SMILES string of the molecule is CC(=O)N1c2cccc(OCC(=O)N(C)C)c2CCC1C. The molecule has 5 nitrogen and oxygen atoms in total. The van der Waals surface area contributed by atoms with E-state index in [1.165, 1.54) is 4.90 Å². The lowest BCUT2D eigenvalue weighted by atomic mass is 9.95. The molecule has 21 heavy (non-hydrogen) atoms. The smallest absolute Gasteiger partial charge is 0.259 e. The van der Waals surface area contributed by atoms with Gasteiger partial charge >= 0.3 is 0 Å². The van der Waals surface area contributed by atoms with E-state index in [-0.39, 0.29) is 24.5 Å². The summed E-state index contributed by atoms with van der Waals surface area (Å²) in [6, 6.07) is 5.85. The molecule has 0 fully saturated rings. The molecule has 0 saturated carbocycles. The number of carbonyl (C=O) groups is 2. The largest absolute Gasteiger partial charge is 0.483 e. The molecule has 0 saturated heterocycles. The monoisotopic (exact) mass is 290 g/mol. The van der Waals surface area contributed by atoms with Crippen LogP contribution in [0, 0.1) is 0 Å². The van der Waals surface area contributed by atoms with Crippen molar-refractivity contribution in [2.45, 2.75) is 32.7 Å². The van der Waals surface area contributed by atoms with Crippen LogP contribution >= 0.6 is 0 Å². The van der Waals surface area contributed by atoms with E-state index >= 15 is 0 Å². The Morgan fingerprint density at radius 2 is 2.10 bits per heavy atom. The average Bonchev–Trinajstić information content (AvgIpc) is 2.43. The second-order valence-corrected chi connectivity index (χ2v) is 5.61. The van der Waals surface area contributed by atoms with Gasteiger partial charge in [-0.1, -0.05) is 6.07 Å². The summed E-state index contributed by atoms with van der Waals surface area (Å²) in [5, 5.41) is 0. The molecule has 1 aromatic rings. The molecule has 1 aliphatic heterocycles. The molecule has 0 aromatic heterocycles. The quantitative estimate of drug-likeness (QED) is 0.853. The molecule has 0 bridgehead atoms. The van der Waals surface area contributed by atoms with Crippen molar-refractivity contribution in [3.05, 3.63) is 23.8 Å². The van der Waals surface area contributed by atoms with Crippen LogP contribution in [0.4, 0.5) is 5.69 Å². The highest BCUT2D eigenvalue weighted by Gasteiger charge is 2.28. The van der Waals surface area contributed by atoms with Crippen LogP contribution in [0.5, 0.6) is 5.75 Å². The number of likely N-dealkylation sites (N-methyl/N-ethyl adjacent to an activating group) is 1. The van der Waals surface area contributed by atoms with Gasteiger partial charge in [-0.15, -0.1) is 0 Å². The zero-order valence-electron chi connectivity index (χ0n) is 13.0. The van der Waals surface area contributed by atoms with E-state index in [1.54, 1.807) is 25.9 Å². The van der Waals surface area contributed by atoms with Crippen LogP contribution in [0.15, 0.2) is 18.2 Å². The molecule has 0 spiro atoms. The van der Waals surface area contributed by atoms with E-state index in [2.05, 4.69) is 0 Å². The molecule has 2 rings (SSSR count). The lowest BCUT2D eigenvalue weighted by Gasteiger charge is -2.35. The first kappa shape index (κ1) is 15.4. The van der Waals surface area contributed by atoms with E-state index in [0.717, 1.165) is 24.1 Å². The Labute approximate surface area is 125 Å². The lowest BCUT2D eigenvalue weighted by molar-refractivity contribution is -0.130. The summed E-state index contributed by atoms with van der Waals surface area (Å²) in [6.07, 6.45) is 1.75. The van der Waals surface area contributed by atoms with E-state index in [0.29, 0.717) is 5.75 Å². The number of carbonyl (C=O) groups excluding carboxylic acids is 2. The predicted molar refractivity (Wildman–Crippen MR) is 81.6 cm³/mol. The first-order chi connectivity index (χ1) is 9.91. The summed E-state index contributed by atoms with van der Waals surface area (Å²) >= 11 is 0. The highest BCUT2D eigenvalue weighted by atomic mass is 16.5. The number of amides is 2. The highest BCUT2D eigenvalue weighted by molar-refractivity contribution is 5.94. The van der Waals surface area contributed by atoms with Crippen molar-refractivity contribution >= 4 is 17.5 Å². The molecule has 1 atom stereocenters. The summed E-state index contributed by atoms with van der Waals surface area (Å²) in [7, 11) is 3.40. The number of rotatable bonds is 3. The third-order valence-electron chi connectivity index (χ3n) is 3.81. The zero-order chi connectivity index (χ0) is 15.6. The van der Waals surface area contributed by atoms with Gasteiger partial charge in [0, 0.05) is 32.6 Å². The molecule has 0 aliphatic carbocycles. The van der Waals surface area contributed by atoms with Crippen LogP contribution in [0.2, 0.25) is 0 Å². The van der Waals surface area contributed by atoms with Crippen molar-refractivity contribution in [2.24, 2.45) is 0 Å². The van der Waals surface area contributed by atoms with Crippen molar-refractivity contribution in [1.29, 1.82) is 0 Å². The van der Waals surface area contributed by atoms with Crippen LogP contribution in [0.3, 0.4) is 0 Å². The maximum atomic E-state index is 11.9. The Bertz CT molecular complexity index is 554. The Hall–Kier alpha value is -2.04. The van der Waals surface area contributed by atoms with Crippen molar-refractivity contribution in [3.63, 3.8) is 0 Å². The molecular formula is C16H22N2O3. The topological polar surface area (TPSA) is 49.9 Å². The average molecular weight is 290 g/mol. The van der Waals surface area contributed by atoms with Gasteiger partial charge in [-0.2, -0.15) is 0 Å². The number of ether oxygens (including phenoxy) is 1. The fraction of sp³-hybridized carbons (Fsp3) is 0.500. The number of benzene rings is 1. The predicted octanol–water partition coefficient (Wildman–Crippen LogP) is 1.84. The normalized spacial score (nSPS) is 17.1. The van der Waals surface area contributed by atoms with Crippen LogP contribution < -0.4 is 9.64 Å². The number of fused-ring (bicyclic) bond motifs is 1. The fourth-order valence-corrected chi connectivity index (χ4v) is 2.63. The van der Waals surface area contributed by atoms with Crippen molar-refractivity contribution in [1.82, 2.24) is 4.90 Å². The van der Waals surface area contributed by atoms with Gasteiger partial charge in [0.25, 0.3) is 5.91 Å². The number of nitrogens with zero attached hydrogens (tertiary/aromatic N) is 2. The molecular weight excluding hydrogens is 268 g/mol. The minimum Gasteiger partial charge on any atom is -0.483 e. The minimum atomic E-state index is -0.0831. The standard InChI is InChI=1S/C16H22N2O3/c1-11-8-9-13-14(18(11)12(2)19)6-5-7-15(13)21-10-16(20)17(3)4/h5-7,11H,8-10H2,1-4H3. The highest BCUT2D eigenvalue weighted by Crippen LogP contribution is 2.36. The molecule has 5 heteroatoms. The van der Waals surface area contributed by atoms with E-state index in [4.69, 9.17) is 4.74 Å². The molecule has 0 N–H and O–H groups in total. The summed E-state index contributed by atoms with van der Waals surface area (Å²) in [5.41, 5.74) is 1.91. The first-order valence-electron chi connectivity index (χ1n) is 7.16. The summed E-state index contributed by atoms with van der Waals surface area (Å²) in [5.74, 6) is 0.644. The van der Waals surface area contributed by atoms with Gasteiger partial charge in [0.05, 0.1) is 5.69 Å². The zero-order valence-corrected chi connectivity index (χ0v) is 13.0. The third kappa shape index (κ3) is 3.17. The number of hydrogen-bond donors (Lipinski definition) is 0. The van der Waals surface area contributed by atoms with E-state index in [1.807, 2.05) is 25.1 Å². The molecule has 1 unspecified atom stereocenters. The van der Waals surface area contributed by atoms with Gasteiger partial charge in [-0.25, -0.2) is 0 Å². The maximum Gasteiger partial charge on any atom is 0.259 e. The van der Waals surface area contributed by atoms with Crippen molar-refractivity contribution < 1.29 is 14.3 Å². The van der Waals surface area contributed by atoms with Gasteiger partial charge in [-0.3, -0.25) is 9.59 Å². The number of hydrogen-bond acceptors (Lipinski definition) is 3. The molecule has 1 aliphatic rings. The Morgan fingerprint density at radius 3 is 2.71 bits per heavy atom. The van der Waals surface area contributed by atoms with Gasteiger partial charge in [0.2, 0.25) is 5.91 Å². The molecule has 1 aromatic carbocycles. The Balaban J connectivity index is 2.26. The van der Waals surface area contributed by atoms with Gasteiger partial charge in [0.15, 0.2) is 6.61 Å². The number of anilines is 1. The molecule has 1 heterocycles. The second kappa shape index (κ2) is 6.16. The van der Waals surface area contributed by atoms with Crippen LogP contribution in [-0.4, -0.2) is 43.5 Å². The molecule has 0 radical (unpaired) electrons. The van der Waals surface area contributed by atoms with Crippen molar-refractivity contribution in [2.75, 3.05) is 25.6 Å². The lowest BCUT2D eigenvalue weighted by Crippen LogP contribution is -2.40. The second-order valence-electron chi connectivity index (χ2n) is 5.61. The summed E-state index contributed by atoms with van der Waals surface area (Å²) in [6.45, 7) is 3.64. The fourth-order valence-electron chi connectivity index (χ4n) is 2.63. The van der Waals surface area contributed by atoms with Gasteiger partial charge in [-0.05, 0) is 31.9 Å².